The van der Waals surface area contributed by atoms with Gasteiger partial charge in [0, 0.05) is 12.6 Å². The van der Waals surface area contributed by atoms with Crippen LogP contribution >= 0.6 is 0 Å². The summed E-state index contributed by atoms with van der Waals surface area (Å²) in [6.45, 7) is 6.08. The first-order valence-electron chi connectivity index (χ1n) is 6.56. The van der Waals surface area contributed by atoms with Gasteiger partial charge >= 0.3 is 0 Å². The lowest BCUT2D eigenvalue weighted by Crippen LogP contribution is -2.37. The van der Waals surface area contributed by atoms with Crippen LogP contribution in [-0.4, -0.2) is 33.8 Å². The second kappa shape index (κ2) is 6.71. The molecule has 1 fully saturated rings. The van der Waals surface area contributed by atoms with Crippen molar-refractivity contribution in [2.75, 3.05) is 19.3 Å². The fourth-order valence-electron chi connectivity index (χ4n) is 2.39. The van der Waals surface area contributed by atoms with Crippen LogP contribution in [0.1, 0.15) is 39.5 Å². The van der Waals surface area contributed by atoms with E-state index >= 15 is 0 Å². The minimum Gasteiger partial charge on any atom is -0.314 e. The molecule has 0 aromatic carbocycles. The van der Waals surface area contributed by atoms with Crippen LogP contribution < -0.4 is 10.0 Å². The molecule has 0 heterocycles. The first kappa shape index (κ1) is 14.9. The van der Waals surface area contributed by atoms with Gasteiger partial charge in [0.2, 0.25) is 10.0 Å². The van der Waals surface area contributed by atoms with Crippen molar-refractivity contribution < 1.29 is 8.42 Å². The minimum absolute atomic E-state index is 0.532. The number of hydrogen-bond acceptors (Lipinski definition) is 3. The van der Waals surface area contributed by atoms with Crippen molar-refractivity contribution in [2.45, 2.75) is 45.6 Å². The summed E-state index contributed by atoms with van der Waals surface area (Å²) < 4.78 is 24.2. The number of rotatable bonds is 6. The summed E-state index contributed by atoms with van der Waals surface area (Å²) in [7, 11) is -3.02. The molecule has 1 aliphatic rings. The highest BCUT2D eigenvalue weighted by atomic mass is 32.2. The van der Waals surface area contributed by atoms with Gasteiger partial charge < -0.3 is 5.32 Å². The monoisotopic (exact) mass is 262 g/mol. The van der Waals surface area contributed by atoms with E-state index in [1.165, 1.54) is 25.5 Å². The van der Waals surface area contributed by atoms with Crippen molar-refractivity contribution in [2.24, 2.45) is 11.8 Å². The Hall–Kier alpha value is -0.130. The Labute approximate surface area is 106 Å². The number of nitrogens with one attached hydrogen (secondary N) is 2. The smallest absolute Gasteiger partial charge is 0.208 e. The summed E-state index contributed by atoms with van der Waals surface area (Å²) in [4.78, 5) is 0. The molecule has 0 radical (unpaired) electrons. The van der Waals surface area contributed by atoms with Crippen molar-refractivity contribution in [3.05, 3.63) is 0 Å². The average molecular weight is 262 g/mol. The Morgan fingerprint density at radius 3 is 2.41 bits per heavy atom. The van der Waals surface area contributed by atoms with Crippen molar-refractivity contribution in [3.8, 4) is 0 Å². The first-order valence-corrected chi connectivity index (χ1v) is 8.45. The standard InChI is InChI=1S/C12H26N2O2S/c1-10-5-6-12(9-11(10)2)13-7-4-8-14-17(3,15)16/h10-14H,4-9H2,1-3H3/t10-,11-,12-/m0/s1. The fourth-order valence-corrected chi connectivity index (χ4v) is 2.90. The maximum atomic E-state index is 10.8. The predicted molar refractivity (Wildman–Crippen MR) is 71.4 cm³/mol. The van der Waals surface area contributed by atoms with Crippen molar-refractivity contribution in [1.29, 1.82) is 0 Å². The van der Waals surface area contributed by atoms with Crippen molar-refractivity contribution in [1.82, 2.24) is 10.0 Å². The van der Waals surface area contributed by atoms with Crippen LogP contribution in [0.25, 0.3) is 0 Å². The Balaban J connectivity index is 2.07. The van der Waals surface area contributed by atoms with Gasteiger partial charge in [0.25, 0.3) is 0 Å². The van der Waals surface area contributed by atoms with E-state index in [9.17, 15) is 8.42 Å². The molecule has 0 aromatic heterocycles. The molecule has 1 saturated carbocycles. The molecule has 0 aliphatic heterocycles. The van der Waals surface area contributed by atoms with Gasteiger partial charge in [-0.3, -0.25) is 0 Å². The molecule has 17 heavy (non-hydrogen) atoms. The van der Waals surface area contributed by atoms with Gasteiger partial charge in [-0.2, -0.15) is 0 Å². The first-order chi connectivity index (χ1) is 7.88. The lowest BCUT2D eigenvalue weighted by Gasteiger charge is -2.32. The van der Waals surface area contributed by atoms with E-state index in [1.807, 2.05) is 0 Å². The summed E-state index contributed by atoms with van der Waals surface area (Å²) in [5.74, 6) is 1.65. The molecular formula is C12H26N2O2S. The molecule has 2 N–H and O–H groups in total. The topological polar surface area (TPSA) is 58.2 Å². The predicted octanol–water partition coefficient (Wildman–Crippen LogP) is 1.34. The third kappa shape index (κ3) is 6.38. The van der Waals surface area contributed by atoms with E-state index in [2.05, 4.69) is 23.9 Å². The van der Waals surface area contributed by atoms with E-state index in [4.69, 9.17) is 0 Å². The second-order valence-corrected chi connectivity index (χ2v) is 7.27. The summed E-state index contributed by atoms with van der Waals surface area (Å²) in [5, 5.41) is 3.52. The Morgan fingerprint density at radius 1 is 1.12 bits per heavy atom. The third-order valence-corrected chi connectivity index (χ3v) is 4.48. The molecule has 0 spiro atoms. The molecule has 0 saturated heterocycles. The van der Waals surface area contributed by atoms with E-state index in [1.54, 1.807) is 0 Å². The summed E-state index contributed by atoms with van der Waals surface area (Å²) >= 11 is 0. The minimum atomic E-state index is -3.02. The van der Waals surface area contributed by atoms with Crippen molar-refractivity contribution >= 4 is 10.0 Å². The fraction of sp³-hybridized carbons (Fsp3) is 1.00. The normalized spacial score (nSPS) is 30.4. The van der Waals surface area contributed by atoms with Gasteiger partial charge in [0.1, 0.15) is 0 Å². The van der Waals surface area contributed by atoms with Gasteiger partial charge in [-0.1, -0.05) is 13.8 Å². The Kier molecular flexibility index (Phi) is 5.89. The van der Waals surface area contributed by atoms with Crippen LogP contribution in [0.4, 0.5) is 0 Å². The Morgan fingerprint density at radius 2 is 1.82 bits per heavy atom. The highest BCUT2D eigenvalue weighted by molar-refractivity contribution is 7.88. The van der Waals surface area contributed by atoms with E-state index in [0.717, 1.165) is 24.8 Å². The molecule has 102 valence electrons. The largest absolute Gasteiger partial charge is 0.314 e. The number of sulfonamides is 1. The van der Waals surface area contributed by atoms with Crippen molar-refractivity contribution in [3.63, 3.8) is 0 Å². The molecular weight excluding hydrogens is 236 g/mol. The quantitative estimate of drug-likeness (QED) is 0.710. The average Bonchev–Trinajstić information content (AvgIpc) is 2.21. The number of hydrogen-bond donors (Lipinski definition) is 2. The highest BCUT2D eigenvalue weighted by Crippen LogP contribution is 2.29. The molecule has 0 aromatic rings. The molecule has 0 bridgehead atoms. The zero-order chi connectivity index (χ0) is 12.9. The molecule has 4 nitrogen and oxygen atoms in total. The van der Waals surface area contributed by atoms with E-state index < -0.39 is 10.0 Å². The zero-order valence-corrected chi connectivity index (χ0v) is 12.0. The van der Waals surface area contributed by atoms with E-state index in [0.29, 0.717) is 12.6 Å². The molecule has 1 aliphatic carbocycles. The summed E-state index contributed by atoms with van der Waals surface area (Å²) in [6, 6.07) is 0.624. The van der Waals surface area contributed by atoms with Gasteiger partial charge in [-0.25, -0.2) is 13.1 Å². The van der Waals surface area contributed by atoms with Gasteiger partial charge in [0.15, 0.2) is 0 Å². The maximum absolute atomic E-state index is 10.8. The molecule has 5 heteroatoms. The zero-order valence-electron chi connectivity index (χ0n) is 11.2. The van der Waals surface area contributed by atoms with Crippen LogP contribution in [0.3, 0.4) is 0 Å². The van der Waals surface area contributed by atoms with Crippen LogP contribution in [0.5, 0.6) is 0 Å². The lowest BCUT2D eigenvalue weighted by molar-refractivity contribution is 0.226. The van der Waals surface area contributed by atoms with Crippen LogP contribution in [0.15, 0.2) is 0 Å². The van der Waals surface area contributed by atoms with Crippen LogP contribution in [0.2, 0.25) is 0 Å². The third-order valence-electron chi connectivity index (χ3n) is 3.75. The van der Waals surface area contributed by atoms with Gasteiger partial charge in [-0.15, -0.1) is 0 Å². The highest BCUT2D eigenvalue weighted by Gasteiger charge is 2.23. The summed E-state index contributed by atoms with van der Waals surface area (Å²) in [6.07, 6.45) is 5.87. The summed E-state index contributed by atoms with van der Waals surface area (Å²) in [5.41, 5.74) is 0. The van der Waals surface area contributed by atoms with Gasteiger partial charge in [0.05, 0.1) is 6.26 Å². The second-order valence-electron chi connectivity index (χ2n) is 5.44. The molecule has 1 rings (SSSR count). The maximum Gasteiger partial charge on any atom is 0.208 e. The molecule has 0 unspecified atom stereocenters. The molecule has 3 atom stereocenters. The Bertz CT molecular complexity index is 316. The lowest BCUT2D eigenvalue weighted by atomic mass is 9.79. The SMILES string of the molecule is C[C@H]1CC[C@H](NCCCNS(C)(=O)=O)C[C@@H]1C. The van der Waals surface area contributed by atoms with Crippen LogP contribution in [-0.2, 0) is 10.0 Å². The van der Waals surface area contributed by atoms with E-state index in [-0.39, 0.29) is 0 Å². The van der Waals surface area contributed by atoms with Crippen LogP contribution in [0, 0.1) is 11.8 Å². The molecule has 0 amide bonds. The van der Waals surface area contributed by atoms with Gasteiger partial charge in [-0.05, 0) is 44.1 Å².